The van der Waals surface area contributed by atoms with Gasteiger partial charge in [0.25, 0.3) is 0 Å². The van der Waals surface area contributed by atoms with Crippen molar-refractivity contribution in [3.05, 3.63) is 89.0 Å². The molecule has 29 heavy (non-hydrogen) atoms. The second-order valence-corrected chi connectivity index (χ2v) is 6.97. The highest BCUT2D eigenvalue weighted by atomic mass is 19.4. The molecule has 1 aliphatic carbocycles. The Morgan fingerprint density at radius 1 is 0.966 bits per heavy atom. The van der Waals surface area contributed by atoms with Gasteiger partial charge in [0.1, 0.15) is 11.9 Å². The van der Waals surface area contributed by atoms with Crippen molar-refractivity contribution in [3.8, 4) is 16.9 Å². The number of carboxylic acid groups (broad SMARTS) is 1. The molecule has 1 unspecified atom stereocenters. The average Bonchev–Trinajstić information content (AvgIpc) is 3.09. The van der Waals surface area contributed by atoms with Crippen LogP contribution in [0.2, 0.25) is 0 Å². The summed E-state index contributed by atoms with van der Waals surface area (Å²) < 4.78 is 44.8. The third-order valence-electron chi connectivity index (χ3n) is 5.05. The zero-order valence-corrected chi connectivity index (χ0v) is 15.2. The first-order chi connectivity index (χ1) is 13.8. The van der Waals surface area contributed by atoms with E-state index >= 15 is 0 Å². The largest absolute Gasteiger partial charge is 0.486 e. The van der Waals surface area contributed by atoms with Crippen molar-refractivity contribution in [3.63, 3.8) is 0 Å². The molecule has 3 nitrogen and oxygen atoms in total. The predicted molar refractivity (Wildman–Crippen MR) is 102 cm³/mol. The molecule has 0 saturated carbocycles. The minimum atomic E-state index is -4.42. The third-order valence-corrected chi connectivity index (χ3v) is 5.05. The fourth-order valence-electron chi connectivity index (χ4n) is 3.61. The Hall–Kier alpha value is -3.28. The van der Waals surface area contributed by atoms with E-state index in [-0.39, 0.29) is 17.4 Å². The number of carboxylic acids is 1. The summed E-state index contributed by atoms with van der Waals surface area (Å²) in [5.41, 5.74) is 3.05. The van der Waals surface area contributed by atoms with Crippen LogP contribution in [0.15, 0.2) is 66.7 Å². The van der Waals surface area contributed by atoms with Gasteiger partial charge in [0.2, 0.25) is 0 Å². The lowest BCUT2D eigenvalue weighted by atomic mass is 9.98. The molecule has 0 amide bonds. The molecule has 3 aromatic carbocycles. The molecule has 0 spiro atoms. The van der Waals surface area contributed by atoms with Gasteiger partial charge in [-0.15, -0.1) is 0 Å². The molecule has 0 bridgehead atoms. The Morgan fingerprint density at radius 2 is 1.72 bits per heavy atom. The van der Waals surface area contributed by atoms with Gasteiger partial charge >= 0.3 is 12.1 Å². The van der Waals surface area contributed by atoms with Gasteiger partial charge in [0.15, 0.2) is 0 Å². The number of benzene rings is 3. The number of hydrogen-bond donors (Lipinski definition) is 1. The topological polar surface area (TPSA) is 46.5 Å². The molecule has 1 aliphatic rings. The summed E-state index contributed by atoms with van der Waals surface area (Å²) >= 11 is 0. The summed E-state index contributed by atoms with van der Waals surface area (Å²) in [6, 6.07) is 17.3. The fraction of sp³-hybridized carbons (Fsp3) is 0.174. The van der Waals surface area contributed by atoms with Crippen LogP contribution in [-0.4, -0.2) is 11.1 Å². The number of ether oxygens (including phenoxy) is 1. The van der Waals surface area contributed by atoms with E-state index in [9.17, 15) is 23.1 Å². The van der Waals surface area contributed by atoms with Crippen molar-refractivity contribution in [2.24, 2.45) is 0 Å². The van der Waals surface area contributed by atoms with Gasteiger partial charge in [0, 0.05) is 0 Å². The molecular weight excluding hydrogens is 381 g/mol. The lowest BCUT2D eigenvalue weighted by Crippen LogP contribution is -2.07. The standard InChI is InChI=1S/C23H17F3O3/c24-23(25,26)18-5-2-6-19(13-18)29-21-10-9-14-7-8-16(12-20(14)21)15-3-1-4-17(11-15)22(27)28/h1-8,11-13,21H,9-10H2,(H,27,28). The fourth-order valence-corrected chi connectivity index (χ4v) is 3.61. The molecule has 4 rings (SSSR count). The molecule has 0 radical (unpaired) electrons. The van der Waals surface area contributed by atoms with Gasteiger partial charge in [-0.25, -0.2) is 4.79 Å². The highest BCUT2D eigenvalue weighted by molar-refractivity contribution is 5.89. The first-order valence-corrected chi connectivity index (χ1v) is 9.12. The summed E-state index contributed by atoms with van der Waals surface area (Å²) in [6.07, 6.45) is -3.33. The van der Waals surface area contributed by atoms with Crippen molar-refractivity contribution in [1.82, 2.24) is 0 Å². The number of aromatic carboxylic acids is 1. The molecule has 148 valence electrons. The maximum Gasteiger partial charge on any atom is 0.416 e. The lowest BCUT2D eigenvalue weighted by Gasteiger charge is -2.17. The first kappa shape index (κ1) is 19.1. The minimum Gasteiger partial charge on any atom is -0.486 e. The molecule has 0 aromatic heterocycles. The van der Waals surface area contributed by atoms with Crippen LogP contribution < -0.4 is 4.74 Å². The summed E-state index contributed by atoms with van der Waals surface area (Å²) in [5, 5.41) is 9.20. The Bertz CT molecular complexity index is 1070. The van der Waals surface area contributed by atoms with Crippen molar-refractivity contribution in [2.75, 3.05) is 0 Å². The number of fused-ring (bicyclic) bond motifs is 1. The van der Waals surface area contributed by atoms with E-state index < -0.39 is 17.7 Å². The predicted octanol–water partition coefficient (Wildman–Crippen LogP) is 6.14. The Morgan fingerprint density at radius 3 is 2.48 bits per heavy atom. The summed E-state index contributed by atoms with van der Waals surface area (Å²) in [4.78, 5) is 11.2. The molecule has 0 heterocycles. The van der Waals surface area contributed by atoms with Gasteiger partial charge in [-0.3, -0.25) is 0 Å². The van der Waals surface area contributed by atoms with Gasteiger partial charge in [-0.05, 0) is 71.5 Å². The summed E-state index contributed by atoms with van der Waals surface area (Å²) in [7, 11) is 0. The van der Waals surface area contributed by atoms with Crippen molar-refractivity contribution < 1.29 is 27.8 Å². The Labute approximate surface area is 165 Å². The van der Waals surface area contributed by atoms with Crippen LogP contribution >= 0.6 is 0 Å². The van der Waals surface area contributed by atoms with Crippen molar-refractivity contribution >= 4 is 5.97 Å². The van der Waals surface area contributed by atoms with E-state index in [1.807, 2.05) is 24.3 Å². The first-order valence-electron chi connectivity index (χ1n) is 9.12. The normalized spacial score (nSPS) is 15.8. The molecule has 3 aromatic rings. The number of halogens is 3. The van der Waals surface area contributed by atoms with E-state index in [1.54, 1.807) is 12.1 Å². The number of carbonyl (C=O) groups is 1. The quantitative estimate of drug-likeness (QED) is 0.574. The van der Waals surface area contributed by atoms with Crippen LogP contribution in [0.1, 0.15) is 39.6 Å². The van der Waals surface area contributed by atoms with Crippen LogP contribution in [-0.2, 0) is 12.6 Å². The highest BCUT2D eigenvalue weighted by Crippen LogP contribution is 2.39. The lowest BCUT2D eigenvalue weighted by molar-refractivity contribution is -0.137. The molecule has 0 aliphatic heterocycles. The number of aryl methyl sites for hydroxylation is 1. The molecular formula is C23H17F3O3. The molecule has 1 N–H and O–H groups in total. The molecule has 0 fully saturated rings. The molecule has 1 atom stereocenters. The summed E-state index contributed by atoms with van der Waals surface area (Å²) in [5.74, 6) is -0.824. The minimum absolute atomic E-state index is 0.177. The van der Waals surface area contributed by atoms with Gasteiger partial charge < -0.3 is 9.84 Å². The van der Waals surface area contributed by atoms with Gasteiger partial charge in [0.05, 0.1) is 11.1 Å². The maximum atomic E-state index is 13.0. The van der Waals surface area contributed by atoms with Crippen LogP contribution in [0.4, 0.5) is 13.2 Å². The second kappa shape index (κ2) is 7.28. The van der Waals surface area contributed by atoms with E-state index in [0.717, 1.165) is 40.8 Å². The van der Waals surface area contributed by atoms with Crippen LogP contribution in [0.5, 0.6) is 5.75 Å². The molecule has 0 saturated heterocycles. The SMILES string of the molecule is O=C(O)c1cccc(-c2ccc3c(c2)C(Oc2cccc(C(F)(F)F)c2)CC3)c1. The smallest absolute Gasteiger partial charge is 0.416 e. The van der Waals surface area contributed by atoms with E-state index in [0.29, 0.717) is 6.42 Å². The van der Waals surface area contributed by atoms with Gasteiger partial charge in [-0.1, -0.05) is 30.3 Å². The number of rotatable bonds is 4. The Kier molecular flexibility index (Phi) is 4.78. The number of hydrogen-bond acceptors (Lipinski definition) is 2. The van der Waals surface area contributed by atoms with Crippen molar-refractivity contribution in [2.45, 2.75) is 25.1 Å². The van der Waals surface area contributed by atoms with Crippen LogP contribution in [0.25, 0.3) is 11.1 Å². The van der Waals surface area contributed by atoms with E-state index in [2.05, 4.69) is 0 Å². The van der Waals surface area contributed by atoms with Crippen LogP contribution in [0.3, 0.4) is 0 Å². The second-order valence-electron chi connectivity index (χ2n) is 6.97. The zero-order chi connectivity index (χ0) is 20.6. The van der Waals surface area contributed by atoms with Crippen LogP contribution in [0, 0.1) is 0 Å². The van der Waals surface area contributed by atoms with E-state index in [4.69, 9.17) is 4.74 Å². The molecule has 6 heteroatoms. The third kappa shape index (κ3) is 3.97. The maximum absolute atomic E-state index is 13.0. The van der Waals surface area contributed by atoms with Gasteiger partial charge in [-0.2, -0.15) is 13.2 Å². The summed E-state index contributed by atoms with van der Waals surface area (Å²) in [6.45, 7) is 0. The average molecular weight is 398 g/mol. The Balaban J connectivity index is 1.63. The van der Waals surface area contributed by atoms with E-state index in [1.165, 1.54) is 18.2 Å². The number of alkyl halides is 3. The van der Waals surface area contributed by atoms with Crippen molar-refractivity contribution in [1.29, 1.82) is 0 Å². The highest BCUT2D eigenvalue weighted by Gasteiger charge is 2.31. The zero-order valence-electron chi connectivity index (χ0n) is 15.2. The monoisotopic (exact) mass is 398 g/mol.